The van der Waals surface area contributed by atoms with Crippen molar-refractivity contribution in [1.29, 1.82) is 0 Å². The number of benzene rings is 2. The molecule has 3 nitrogen and oxygen atoms in total. The van der Waals surface area contributed by atoms with Crippen LogP contribution in [-0.2, 0) is 13.1 Å². The fourth-order valence-electron chi connectivity index (χ4n) is 2.87. The topological polar surface area (TPSA) is 26.9 Å². The van der Waals surface area contributed by atoms with Crippen molar-refractivity contribution in [1.82, 2.24) is 9.13 Å². The zero-order valence-corrected chi connectivity index (χ0v) is 16.6. The molecule has 0 N–H and O–H groups in total. The van der Waals surface area contributed by atoms with Gasteiger partial charge in [-0.25, -0.2) is 0 Å². The van der Waals surface area contributed by atoms with Crippen LogP contribution in [0.2, 0.25) is 0 Å². The van der Waals surface area contributed by atoms with Gasteiger partial charge in [0, 0.05) is 24.6 Å². The number of hydrogen-bond donors (Lipinski definition) is 0. The van der Waals surface area contributed by atoms with Gasteiger partial charge in [0.05, 0.1) is 20.4 Å². The van der Waals surface area contributed by atoms with Crippen molar-refractivity contribution in [3.63, 3.8) is 0 Å². The van der Waals surface area contributed by atoms with Gasteiger partial charge in [0.15, 0.2) is 3.95 Å². The molecule has 4 aromatic rings. The lowest BCUT2D eigenvalue weighted by atomic mass is 10.3. The van der Waals surface area contributed by atoms with E-state index in [0.29, 0.717) is 0 Å². The lowest BCUT2D eigenvalue weighted by Gasteiger charge is -2.06. The first kappa shape index (κ1) is 17.0. The molecular weight excluding hydrogens is 388 g/mol. The summed E-state index contributed by atoms with van der Waals surface area (Å²) in [6.45, 7) is 1.66. The van der Waals surface area contributed by atoms with Crippen molar-refractivity contribution >= 4 is 67.1 Å². The monoisotopic (exact) mass is 404 g/mol. The third kappa shape index (κ3) is 3.46. The van der Waals surface area contributed by atoms with Crippen molar-refractivity contribution < 1.29 is 0 Å². The van der Waals surface area contributed by atoms with Gasteiger partial charge in [-0.1, -0.05) is 35.6 Å². The Bertz CT molecular complexity index is 1050. The van der Waals surface area contributed by atoms with Gasteiger partial charge in [-0.15, -0.1) is 11.3 Å². The molecule has 0 unspecified atom stereocenters. The van der Waals surface area contributed by atoms with Gasteiger partial charge < -0.3 is 4.57 Å². The Labute approximate surface area is 162 Å². The molecule has 0 saturated carbocycles. The second-order valence-electron chi connectivity index (χ2n) is 5.59. The second-order valence-corrected chi connectivity index (χ2v) is 9.48. The fraction of sp³-hybridized carbons (Fsp3) is 0.222. The number of thioether (sulfide) groups is 1. The van der Waals surface area contributed by atoms with Gasteiger partial charge in [-0.3, -0.25) is 9.36 Å². The smallest absolute Gasteiger partial charge is 0.308 e. The van der Waals surface area contributed by atoms with Gasteiger partial charge in [0.1, 0.15) is 0 Å². The quantitative estimate of drug-likeness (QED) is 0.325. The number of aromatic nitrogens is 2. The Morgan fingerprint density at radius 3 is 2.12 bits per heavy atom. The Kier molecular flexibility index (Phi) is 5.08. The van der Waals surface area contributed by atoms with E-state index in [1.807, 2.05) is 40.6 Å². The zero-order valence-electron chi connectivity index (χ0n) is 13.4. The van der Waals surface area contributed by atoms with Crippen LogP contribution >= 0.6 is 46.7 Å². The predicted octanol–water partition coefficient (Wildman–Crippen LogP) is 5.24. The molecule has 0 amide bonds. The second kappa shape index (κ2) is 7.45. The predicted molar refractivity (Wildman–Crippen MR) is 114 cm³/mol. The number of nitrogens with zero attached hydrogens (tertiary/aromatic N) is 2. The number of para-hydroxylation sites is 2. The molecule has 4 rings (SSSR count). The molecule has 2 heterocycles. The minimum atomic E-state index is 0.132. The largest absolute Gasteiger partial charge is 0.322 e. The molecule has 0 saturated heterocycles. The van der Waals surface area contributed by atoms with Crippen LogP contribution < -0.4 is 4.87 Å². The average Bonchev–Trinajstić information content (AvgIpc) is 3.11. The molecule has 0 aliphatic carbocycles. The van der Waals surface area contributed by atoms with E-state index >= 15 is 0 Å². The van der Waals surface area contributed by atoms with Gasteiger partial charge >= 0.3 is 4.87 Å². The van der Waals surface area contributed by atoms with Gasteiger partial charge in [0.2, 0.25) is 0 Å². The highest BCUT2D eigenvalue weighted by Crippen LogP contribution is 2.23. The molecule has 128 valence electrons. The summed E-state index contributed by atoms with van der Waals surface area (Å²) in [4.78, 5) is 12.3. The van der Waals surface area contributed by atoms with Gasteiger partial charge in [-0.05, 0) is 36.5 Å². The summed E-state index contributed by atoms with van der Waals surface area (Å²) in [6.07, 6.45) is 0. The highest BCUT2D eigenvalue weighted by molar-refractivity contribution is 7.99. The van der Waals surface area contributed by atoms with E-state index in [2.05, 4.69) is 28.8 Å². The molecule has 0 aliphatic rings. The molecule has 2 aromatic heterocycles. The third-order valence-corrected chi connectivity index (χ3v) is 7.40. The zero-order chi connectivity index (χ0) is 17.2. The Balaban J connectivity index is 1.38. The van der Waals surface area contributed by atoms with Gasteiger partial charge in [-0.2, -0.15) is 11.8 Å². The van der Waals surface area contributed by atoms with Crippen LogP contribution in [0.1, 0.15) is 0 Å². The summed E-state index contributed by atoms with van der Waals surface area (Å²) in [6, 6.07) is 16.4. The van der Waals surface area contributed by atoms with E-state index in [4.69, 9.17) is 12.2 Å². The lowest BCUT2D eigenvalue weighted by molar-refractivity contribution is 0.779. The number of fused-ring (bicyclic) bond motifs is 2. The lowest BCUT2D eigenvalue weighted by Crippen LogP contribution is -2.14. The number of aryl methyl sites for hydroxylation is 2. The van der Waals surface area contributed by atoms with Crippen molar-refractivity contribution in [3.05, 3.63) is 62.2 Å². The van der Waals surface area contributed by atoms with E-state index < -0.39 is 0 Å². The molecule has 0 fully saturated rings. The summed E-state index contributed by atoms with van der Waals surface area (Å²) < 4.78 is 7.34. The molecule has 0 spiro atoms. The average molecular weight is 405 g/mol. The normalized spacial score (nSPS) is 11.5. The first-order valence-corrected chi connectivity index (χ1v) is 11.2. The minimum absolute atomic E-state index is 0.132. The van der Waals surface area contributed by atoms with Crippen molar-refractivity contribution in [3.8, 4) is 0 Å². The first-order valence-electron chi connectivity index (χ1n) is 7.98. The summed E-state index contributed by atoms with van der Waals surface area (Å²) in [7, 11) is 0. The third-order valence-electron chi connectivity index (χ3n) is 4.07. The Morgan fingerprint density at radius 2 is 1.40 bits per heavy atom. The molecule has 0 bridgehead atoms. The molecule has 0 atom stereocenters. The summed E-state index contributed by atoms with van der Waals surface area (Å²) >= 11 is 10.4. The summed E-state index contributed by atoms with van der Waals surface area (Å²) in [5.41, 5.74) is 2.27. The molecule has 7 heteroatoms. The Hall–Kier alpha value is -1.41. The van der Waals surface area contributed by atoms with Crippen LogP contribution in [0.3, 0.4) is 0 Å². The standard InChI is InChI=1S/C18H16N2OS4/c21-17-19(13-5-1-3-7-15(13)24-17)9-11-23-12-10-20-14-6-2-4-8-16(14)25-18(20)22/h1-8H,9-12H2. The maximum atomic E-state index is 12.1. The van der Waals surface area contributed by atoms with E-state index in [0.717, 1.165) is 38.8 Å². The first-order chi connectivity index (χ1) is 12.2. The van der Waals surface area contributed by atoms with E-state index in [1.165, 1.54) is 21.6 Å². The van der Waals surface area contributed by atoms with Crippen molar-refractivity contribution in [2.45, 2.75) is 13.1 Å². The van der Waals surface area contributed by atoms with Crippen LogP contribution in [0.5, 0.6) is 0 Å². The number of rotatable bonds is 6. The van der Waals surface area contributed by atoms with Crippen molar-refractivity contribution in [2.24, 2.45) is 0 Å². The maximum Gasteiger partial charge on any atom is 0.308 e. The SMILES string of the molecule is O=c1sc2ccccc2n1CCSCCn1c(=S)sc2ccccc21. The molecule has 0 aliphatic heterocycles. The fourth-order valence-corrected chi connectivity index (χ4v) is 5.99. The van der Waals surface area contributed by atoms with E-state index in [9.17, 15) is 4.79 Å². The number of thiazole rings is 2. The highest BCUT2D eigenvalue weighted by atomic mass is 32.2. The van der Waals surface area contributed by atoms with Crippen LogP contribution in [0.25, 0.3) is 20.4 Å². The van der Waals surface area contributed by atoms with E-state index in [1.54, 1.807) is 11.3 Å². The van der Waals surface area contributed by atoms with Crippen LogP contribution in [0.4, 0.5) is 0 Å². The summed E-state index contributed by atoms with van der Waals surface area (Å²) in [5, 5.41) is 0. The summed E-state index contributed by atoms with van der Waals surface area (Å²) in [5.74, 6) is 1.92. The van der Waals surface area contributed by atoms with Crippen LogP contribution in [0.15, 0.2) is 53.3 Å². The molecule has 25 heavy (non-hydrogen) atoms. The van der Waals surface area contributed by atoms with E-state index in [-0.39, 0.29) is 4.87 Å². The maximum absolute atomic E-state index is 12.1. The van der Waals surface area contributed by atoms with Crippen LogP contribution in [-0.4, -0.2) is 20.6 Å². The van der Waals surface area contributed by atoms with Crippen molar-refractivity contribution in [2.75, 3.05) is 11.5 Å². The highest BCUT2D eigenvalue weighted by Gasteiger charge is 2.07. The minimum Gasteiger partial charge on any atom is -0.322 e. The molecular formula is C18H16N2OS4. The number of hydrogen-bond acceptors (Lipinski definition) is 5. The molecule has 2 aromatic carbocycles. The van der Waals surface area contributed by atoms with Crippen LogP contribution in [0, 0.1) is 3.95 Å². The van der Waals surface area contributed by atoms with Gasteiger partial charge in [0.25, 0.3) is 0 Å². The Morgan fingerprint density at radius 1 is 0.840 bits per heavy atom. The molecule has 0 radical (unpaired) electrons.